The predicted octanol–water partition coefficient (Wildman–Crippen LogP) is 3.01. The van der Waals surface area contributed by atoms with Gasteiger partial charge in [0, 0.05) is 24.6 Å². The minimum absolute atomic E-state index is 0.0540. The van der Waals surface area contributed by atoms with Crippen LogP contribution < -0.4 is 15.8 Å². The van der Waals surface area contributed by atoms with Gasteiger partial charge in [0.15, 0.2) is 6.61 Å². The van der Waals surface area contributed by atoms with E-state index in [4.69, 9.17) is 15.2 Å². The lowest BCUT2D eigenvalue weighted by atomic mass is 9.54. The first kappa shape index (κ1) is 24.5. The van der Waals surface area contributed by atoms with E-state index in [0.717, 1.165) is 31.6 Å². The van der Waals surface area contributed by atoms with E-state index in [0.29, 0.717) is 31.0 Å². The number of primary amides is 1. The Bertz CT molecular complexity index is 746. The quantitative estimate of drug-likeness (QED) is 0.516. The first-order valence-electron chi connectivity index (χ1n) is 12.1. The zero-order valence-electron chi connectivity index (χ0n) is 19.6. The number of nitrogens with zero attached hydrogens (tertiary/aromatic N) is 1. The fraction of sp³-hybridized carbons (Fsp3) is 0.680. The molecule has 0 aromatic heterocycles. The topological polar surface area (TPSA) is 93.9 Å². The monoisotopic (exact) mass is 445 g/mol. The normalized spacial score (nSPS) is 21.8. The Morgan fingerprint density at radius 1 is 1.16 bits per heavy atom. The molecule has 0 unspecified atom stereocenters. The van der Waals surface area contributed by atoms with Crippen molar-refractivity contribution in [2.75, 3.05) is 26.3 Å². The van der Waals surface area contributed by atoms with Gasteiger partial charge in [-0.1, -0.05) is 38.3 Å². The molecule has 0 radical (unpaired) electrons. The molecule has 2 aliphatic carbocycles. The molecule has 178 valence electrons. The zero-order valence-corrected chi connectivity index (χ0v) is 19.6. The standard InChI is InChI=1S/C25H39N3O4/c1-3-14-28(21-15-22(31-4-2)25(21)12-6-5-7-13-25)17-24(30)27-16-19-8-10-20(11-9-19)32-18-23(26)29/h8-11,21-22H,3-7,12-18H2,1-2H3,(H2,26,29)(H,27,30)/t21-,22+/m1/s1. The number of amides is 2. The molecule has 1 spiro atoms. The molecule has 2 atom stereocenters. The van der Waals surface area contributed by atoms with Crippen LogP contribution in [0.15, 0.2) is 24.3 Å². The van der Waals surface area contributed by atoms with Gasteiger partial charge in [0.1, 0.15) is 5.75 Å². The summed E-state index contributed by atoms with van der Waals surface area (Å²) in [5.74, 6) is 0.130. The first-order valence-corrected chi connectivity index (χ1v) is 12.1. The van der Waals surface area contributed by atoms with Crippen LogP contribution in [0.1, 0.15) is 64.4 Å². The van der Waals surface area contributed by atoms with Gasteiger partial charge in [0.25, 0.3) is 5.91 Å². The second kappa shape index (κ2) is 11.7. The molecule has 0 aliphatic heterocycles. The molecular weight excluding hydrogens is 406 g/mol. The molecule has 0 heterocycles. The molecule has 3 N–H and O–H groups in total. The van der Waals surface area contributed by atoms with Crippen LogP contribution in [0.5, 0.6) is 5.75 Å². The van der Waals surface area contributed by atoms with Crippen molar-refractivity contribution in [3.63, 3.8) is 0 Å². The van der Waals surface area contributed by atoms with Crippen LogP contribution in [0.3, 0.4) is 0 Å². The van der Waals surface area contributed by atoms with Crippen molar-refractivity contribution in [3.8, 4) is 5.75 Å². The van der Waals surface area contributed by atoms with Gasteiger partial charge in [0.2, 0.25) is 5.91 Å². The number of ether oxygens (including phenoxy) is 2. The van der Waals surface area contributed by atoms with Crippen molar-refractivity contribution in [3.05, 3.63) is 29.8 Å². The van der Waals surface area contributed by atoms with Crippen molar-refractivity contribution in [1.82, 2.24) is 10.2 Å². The van der Waals surface area contributed by atoms with Gasteiger partial charge in [0.05, 0.1) is 12.6 Å². The van der Waals surface area contributed by atoms with Crippen LogP contribution in [0.2, 0.25) is 0 Å². The fourth-order valence-electron chi connectivity index (χ4n) is 5.47. The molecule has 2 aliphatic rings. The molecule has 2 amide bonds. The van der Waals surface area contributed by atoms with Crippen molar-refractivity contribution in [2.45, 2.75) is 77.5 Å². The van der Waals surface area contributed by atoms with Gasteiger partial charge in [-0.3, -0.25) is 14.5 Å². The molecular formula is C25H39N3O4. The van der Waals surface area contributed by atoms with Gasteiger partial charge < -0.3 is 20.5 Å². The molecule has 7 nitrogen and oxygen atoms in total. The maximum absolute atomic E-state index is 12.8. The lowest BCUT2D eigenvalue weighted by Crippen LogP contribution is -2.66. The number of hydrogen-bond donors (Lipinski definition) is 2. The van der Waals surface area contributed by atoms with E-state index in [9.17, 15) is 9.59 Å². The lowest BCUT2D eigenvalue weighted by molar-refractivity contribution is -0.183. The van der Waals surface area contributed by atoms with Crippen molar-refractivity contribution >= 4 is 11.8 Å². The second-order valence-electron chi connectivity index (χ2n) is 9.14. The Hall–Kier alpha value is -2.12. The minimum atomic E-state index is -0.507. The maximum atomic E-state index is 12.8. The van der Waals surface area contributed by atoms with Crippen LogP contribution in [-0.4, -0.2) is 55.2 Å². The van der Waals surface area contributed by atoms with E-state index in [1.54, 1.807) is 12.1 Å². The summed E-state index contributed by atoms with van der Waals surface area (Å²) in [6.45, 7) is 6.71. The third-order valence-corrected chi connectivity index (χ3v) is 6.99. The van der Waals surface area contributed by atoms with Crippen molar-refractivity contribution in [2.24, 2.45) is 11.1 Å². The first-order chi connectivity index (χ1) is 15.5. The third-order valence-electron chi connectivity index (χ3n) is 6.99. The van der Waals surface area contributed by atoms with E-state index >= 15 is 0 Å². The highest BCUT2D eigenvalue weighted by Gasteiger charge is 2.57. The Labute approximate surface area is 192 Å². The van der Waals surface area contributed by atoms with E-state index in [1.807, 2.05) is 12.1 Å². The summed E-state index contributed by atoms with van der Waals surface area (Å²) < 4.78 is 11.4. The number of benzene rings is 1. The number of nitrogens with two attached hydrogens (primary N) is 1. The minimum Gasteiger partial charge on any atom is -0.484 e. The Morgan fingerprint density at radius 2 is 1.88 bits per heavy atom. The van der Waals surface area contributed by atoms with Crippen molar-refractivity contribution < 1.29 is 19.1 Å². The lowest BCUT2D eigenvalue weighted by Gasteiger charge is -2.60. The summed E-state index contributed by atoms with van der Waals surface area (Å²) in [5, 5.41) is 3.06. The summed E-state index contributed by atoms with van der Waals surface area (Å²) in [6.07, 6.45) is 8.70. The van der Waals surface area contributed by atoms with Crippen LogP contribution >= 0.6 is 0 Å². The number of carbonyl (C=O) groups is 2. The van der Waals surface area contributed by atoms with Crippen LogP contribution in [0.25, 0.3) is 0 Å². The molecule has 32 heavy (non-hydrogen) atoms. The van der Waals surface area contributed by atoms with E-state index < -0.39 is 5.91 Å². The molecule has 0 saturated heterocycles. The predicted molar refractivity (Wildman–Crippen MR) is 124 cm³/mol. The summed E-state index contributed by atoms with van der Waals surface area (Å²) in [5.41, 5.74) is 6.30. The summed E-state index contributed by atoms with van der Waals surface area (Å²) in [6, 6.07) is 7.77. The van der Waals surface area contributed by atoms with Gasteiger partial charge in [-0.2, -0.15) is 0 Å². The van der Waals surface area contributed by atoms with Crippen LogP contribution in [0.4, 0.5) is 0 Å². The van der Waals surface area contributed by atoms with E-state index in [-0.39, 0.29) is 17.9 Å². The smallest absolute Gasteiger partial charge is 0.255 e. The van der Waals surface area contributed by atoms with Gasteiger partial charge >= 0.3 is 0 Å². The molecule has 7 heteroatoms. The van der Waals surface area contributed by atoms with Gasteiger partial charge in [-0.15, -0.1) is 0 Å². The molecule has 1 aromatic rings. The largest absolute Gasteiger partial charge is 0.484 e. The Balaban J connectivity index is 1.54. The average Bonchev–Trinajstić information content (AvgIpc) is 2.80. The summed E-state index contributed by atoms with van der Waals surface area (Å²) in [4.78, 5) is 26.0. The molecule has 0 bridgehead atoms. The third kappa shape index (κ3) is 6.01. The number of hydrogen-bond acceptors (Lipinski definition) is 5. The molecule has 1 aromatic carbocycles. The van der Waals surface area contributed by atoms with E-state index in [1.165, 1.54) is 32.1 Å². The molecule has 2 saturated carbocycles. The number of carbonyl (C=O) groups excluding carboxylic acids is 2. The van der Waals surface area contributed by atoms with Gasteiger partial charge in [-0.25, -0.2) is 0 Å². The SMILES string of the molecule is CCCN(CC(=O)NCc1ccc(OCC(N)=O)cc1)[C@@H]1C[C@H](OCC)C12CCCCC2. The highest BCUT2D eigenvalue weighted by atomic mass is 16.5. The highest BCUT2D eigenvalue weighted by molar-refractivity contribution is 5.78. The fourth-order valence-corrected chi connectivity index (χ4v) is 5.47. The van der Waals surface area contributed by atoms with Gasteiger partial charge in [-0.05, 0) is 56.8 Å². The number of nitrogens with one attached hydrogen (secondary N) is 1. The number of rotatable bonds is 12. The second-order valence-corrected chi connectivity index (χ2v) is 9.14. The Morgan fingerprint density at radius 3 is 2.50 bits per heavy atom. The zero-order chi connectivity index (χ0) is 23.0. The molecule has 3 rings (SSSR count). The maximum Gasteiger partial charge on any atom is 0.255 e. The van der Waals surface area contributed by atoms with Crippen LogP contribution in [-0.2, 0) is 20.9 Å². The van der Waals surface area contributed by atoms with Crippen LogP contribution in [0, 0.1) is 5.41 Å². The molecule has 2 fully saturated rings. The average molecular weight is 446 g/mol. The van der Waals surface area contributed by atoms with Crippen molar-refractivity contribution in [1.29, 1.82) is 0 Å². The summed E-state index contributed by atoms with van der Waals surface area (Å²) in [7, 11) is 0. The highest BCUT2D eigenvalue weighted by Crippen LogP contribution is 2.55. The van der Waals surface area contributed by atoms with E-state index in [2.05, 4.69) is 24.1 Å². The Kier molecular flexibility index (Phi) is 8.93. The summed E-state index contributed by atoms with van der Waals surface area (Å²) >= 11 is 0.